The predicted octanol–water partition coefficient (Wildman–Crippen LogP) is 0.444. The summed E-state index contributed by atoms with van der Waals surface area (Å²) in [6.07, 6.45) is 1.74. The fourth-order valence-electron chi connectivity index (χ4n) is 3.02. The highest BCUT2D eigenvalue weighted by atomic mass is 16.5. The van der Waals surface area contributed by atoms with E-state index in [0.29, 0.717) is 42.5 Å². The van der Waals surface area contributed by atoms with Crippen molar-refractivity contribution in [3.05, 3.63) is 29.7 Å². The molecule has 1 amide bonds. The van der Waals surface area contributed by atoms with Crippen LogP contribution in [-0.4, -0.2) is 52.1 Å². The number of ether oxygens (including phenoxy) is 1. The van der Waals surface area contributed by atoms with Gasteiger partial charge < -0.3 is 20.5 Å². The van der Waals surface area contributed by atoms with Crippen molar-refractivity contribution in [1.29, 1.82) is 0 Å². The van der Waals surface area contributed by atoms with Gasteiger partial charge in [0.1, 0.15) is 5.69 Å². The minimum absolute atomic E-state index is 0.339. The van der Waals surface area contributed by atoms with Crippen LogP contribution in [0.15, 0.2) is 18.3 Å². The predicted molar refractivity (Wildman–Crippen MR) is 86.3 cm³/mol. The number of imidazole rings is 1. The largest absolute Gasteiger partial charge is 0.490 e. The van der Waals surface area contributed by atoms with E-state index in [1.165, 1.54) is 0 Å². The van der Waals surface area contributed by atoms with E-state index in [4.69, 9.17) is 4.74 Å². The second-order valence-corrected chi connectivity index (χ2v) is 5.73. The van der Waals surface area contributed by atoms with Crippen molar-refractivity contribution in [1.82, 2.24) is 20.0 Å². The fourth-order valence-corrected chi connectivity index (χ4v) is 3.02. The van der Waals surface area contributed by atoms with Crippen molar-refractivity contribution in [2.75, 3.05) is 19.7 Å². The van der Waals surface area contributed by atoms with Crippen LogP contribution in [0, 0.1) is 12.8 Å². The molecule has 3 N–H and O–H groups in total. The number of carbonyl (C=O) groups is 2. The van der Waals surface area contributed by atoms with Gasteiger partial charge in [0, 0.05) is 19.3 Å². The van der Waals surface area contributed by atoms with Gasteiger partial charge in [-0.15, -0.1) is 0 Å². The number of fused-ring (bicyclic) bond motifs is 1. The minimum atomic E-state index is -0.918. The van der Waals surface area contributed by atoms with Gasteiger partial charge in [-0.2, -0.15) is 0 Å². The third kappa shape index (κ3) is 2.80. The molecule has 1 fully saturated rings. The summed E-state index contributed by atoms with van der Waals surface area (Å²) in [5, 5.41) is 15.0. The lowest BCUT2D eigenvalue weighted by atomic mass is 10.0. The molecular weight excluding hydrogens is 312 g/mol. The molecule has 0 bridgehead atoms. The van der Waals surface area contributed by atoms with Crippen molar-refractivity contribution in [2.24, 2.45) is 5.92 Å². The van der Waals surface area contributed by atoms with Crippen LogP contribution in [0.5, 0.6) is 5.75 Å². The summed E-state index contributed by atoms with van der Waals surface area (Å²) in [7, 11) is 0. The van der Waals surface area contributed by atoms with Gasteiger partial charge in [0.25, 0.3) is 5.91 Å². The lowest BCUT2D eigenvalue weighted by Gasteiger charge is -2.16. The van der Waals surface area contributed by atoms with Crippen LogP contribution in [0.4, 0.5) is 0 Å². The number of hydrogen-bond acceptors (Lipinski definition) is 5. The van der Waals surface area contributed by atoms with Gasteiger partial charge in [-0.1, -0.05) is 0 Å². The third-order valence-corrected chi connectivity index (χ3v) is 4.15. The summed E-state index contributed by atoms with van der Waals surface area (Å²) in [4.78, 5) is 28.4. The number of aromatic nitrogens is 2. The number of carboxylic acids is 1. The molecule has 2 atom stereocenters. The Morgan fingerprint density at radius 2 is 2.29 bits per heavy atom. The second kappa shape index (κ2) is 6.48. The molecule has 1 saturated heterocycles. The molecule has 0 aromatic carbocycles. The van der Waals surface area contributed by atoms with Crippen LogP contribution in [0.2, 0.25) is 0 Å². The number of carbonyl (C=O) groups excluding carboxylic acids is 1. The van der Waals surface area contributed by atoms with E-state index in [1.54, 1.807) is 29.7 Å². The van der Waals surface area contributed by atoms with Crippen LogP contribution in [0.1, 0.15) is 23.1 Å². The second-order valence-electron chi connectivity index (χ2n) is 5.73. The molecule has 8 nitrogen and oxygen atoms in total. The number of aliphatic carboxylic acids is 1. The number of rotatable bonds is 5. The van der Waals surface area contributed by atoms with E-state index >= 15 is 0 Å². The van der Waals surface area contributed by atoms with Crippen LogP contribution >= 0.6 is 0 Å². The lowest BCUT2D eigenvalue weighted by Crippen LogP contribution is -2.43. The summed E-state index contributed by atoms with van der Waals surface area (Å²) in [5.41, 5.74) is 1.53. The Morgan fingerprint density at radius 1 is 1.50 bits per heavy atom. The minimum Gasteiger partial charge on any atom is -0.490 e. The zero-order valence-corrected chi connectivity index (χ0v) is 13.6. The molecule has 128 valence electrons. The smallest absolute Gasteiger partial charge is 0.309 e. The molecule has 0 radical (unpaired) electrons. The van der Waals surface area contributed by atoms with E-state index in [1.807, 2.05) is 6.92 Å². The van der Waals surface area contributed by atoms with Crippen LogP contribution in [0.3, 0.4) is 0 Å². The summed E-state index contributed by atoms with van der Waals surface area (Å²) in [6.45, 7) is 4.91. The highest BCUT2D eigenvalue weighted by molar-refractivity contribution is 5.95. The van der Waals surface area contributed by atoms with E-state index < -0.39 is 17.9 Å². The number of amides is 1. The maximum atomic E-state index is 12.7. The number of nitrogens with one attached hydrogen (secondary N) is 2. The van der Waals surface area contributed by atoms with Crippen molar-refractivity contribution < 1.29 is 19.4 Å². The SMILES string of the molecule is CCOc1cccn2c(C(=O)NC3CNCC3C(=O)O)c(C)nc12. The molecule has 2 aromatic heterocycles. The van der Waals surface area contributed by atoms with Gasteiger partial charge >= 0.3 is 5.97 Å². The number of hydrogen-bond donors (Lipinski definition) is 3. The molecule has 1 aliphatic heterocycles. The molecule has 0 saturated carbocycles. The first kappa shape index (κ1) is 16.3. The van der Waals surface area contributed by atoms with E-state index in [2.05, 4.69) is 15.6 Å². The summed E-state index contributed by atoms with van der Waals surface area (Å²) < 4.78 is 7.22. The number of aryl methyl sites for hydroxylation is 1. The Morgan fingerprint density at radius 3 is 3.00 bits per heavy atom. The van der Waals surface area contributed by atoms with Crippen molar-refractivity contribution in [3.63, 3.8) is 0 Å². The van der Waals surface area contributed by atoms with E-state index in [9.17, 15) is 14.7 Å². The average Bonchev–Trinajstić information content (AvgIpc) is 3.11. The molecule has 0 aliphatic carbocycles. The molecule has 0 spiro atoms. The highest BCUT2D eigenvalue weighted by Gasteiger charge is 2.34. The zero-order chi connectivity index (χ0) is 17.3. The lowest BCUT2D eigenvalue weighted by molar-refractivity contribution is -0.141. The van der Waals surface area contributed by atoms with Gasteiger partial charge in [0.05, 0.1) is 24.3 Å². The third-order valence-electron chi connectivity index (χ3n) is 4.15. The summed E-state index contributed by atoms with van der Waals surface area (Å²) in [6, 6.07) is 3.14. The Balaban J connectivity index is 1.91. The van der Waals surface area contributed by atoms with Gasteiger partial charge in [0.15, 0.2) is 11.4 Å². The van der Waals surface area contributed by atoms with Gasteiger partial charge in [0.2, 0.25) is 0 Å². The van der Waals surface area contributed by atoms with Gasteiger partial charge in [-0.05, 0) is 26.0 Å². The maximum Gasteiger partial charge on any atom is 0.309 e. The molecule has 1 aliphatic rings. The van der Waals surface area contributed by atoms with Crippen molar-refractivity contribution in [2.45, 2.75) is 19.9 Å². The van der Waals surface area contributed by atoms with Crippen molar-refractivity contribution in [3.8, 4) is 5.75 Å². The molecule has 8 heteroatoms. The first-order chi connectivity index (χ1) is 11.5. The molecule has 3 rings (SSSR count). The Bertz CT molecular complexity index is 786. The first-order valence-electron chi connectivity index (χ1n) is 7.87. The number of pyridine rings is 1. The maximum absolute atomic E-state index is 12.7. The Kier molecular flexibility index (Phi) is 4.39. The topological polar surface area (TPSA) is 105 Å². The normalized spacial score (nSPS) is 20.2. The highest BCUT2D eigenvalue weighted by Crippen LogP contribution is 2.22. The van der Waals surface area contributed by atoms with E-state index in [-0.39, 0.29) is 5.91 Å². The summed E-state index contributed by atoms with van der Waals surface area (Å²) >= 11 is 0. The standard InChI is InChI=1S/C16H20N4O4/c1-3-24-12-5-4-6-20-13(9(2)18-14(12)20)15(21)19-11-8-17-7-10(11)16(22)23/h4-6,10-11,17H,3,7-8H2,1-2H3,(H,19,21)(H,22,23). The van der Waals surface area contributed by atoms with E-state index in [0.717, 1.165) is 0 Å². The molecule has 3 heterocycles. The molecule has 24 heavy (non-hydrogen) atoms. The number of nitrogens with zero attached hydrogens (tertiary/aromatic N) is 2. The monoisotopic (exact) mass is 332 g/mol. The van der Waals surface area contributed by atoms with Crippen LogP contribution < -0.4 is 15.4 Å². The van der Waals surface area contributed by atoms with Gasteiger partial charge in [-0.3, -0.25) is 14.0 Å². The number of carboxylic acid groups (broad SMARTS) is 1. The summed E-state index contributed by atoms with van der Waals surface area (Å²) in [5.74, 6) is -1.28. The Labute approximate surface area is 138 Å². The first-order valence-corrected chi connectivity index (χ1v) is 7.87. The van der Waals surface area contributed by atoms with Crippen molar-refractivity contribution >= 4 is 17.5 Å². The quantitative estimate of drug-likeness (QED) is 0.734. The molecule has 2 unspecified atom stereocenters. The fraction of sp³-hybridized carbons (Fsp3) is 0.438. The van der Waals surface area contributed by atoms with Crippen LogP contribution in [-0.2, 0) is 4.79 Å². The van der Waals surface area contributed by atoms with Crippen LogP contribution in [0.25, 0.3) is 5.65 Å². The zero-order valence-electron chi connectivity index (χ0n) is 13.6. The Hall–Kier alpha value is -2.61. The molecule has 2 aromatic rings. The van der Waals surface area contributed by atoms with Gasteiger partial charge in [-0.25, -0.2) is 4.98 Å². The molecular formula is C16H20N4O4. The average molecular weight is 332 g/mol.